The first kappa shape index (κ1) is 12.1. The van der Waals surface area contributed by atoms with Crippen molar-refractivity contribution in [1.82, 2.24) is 9.97 Å². The van der Waals surface area contributed by atoms with Crippen LogP contribution in [0.4, 0.5) is 0 Å². The third-order valence-corrected chi connectivity index (χ3v) is 2.76. The summed E-state index contributed by atoms with van der Waals surface area (Å²) >= 11 is 0. The Morgan fingerprint density at radius 3 is 2.63 bits per heavy atom. The monoisotopic (exact) mass is 251 g/mol. The summed E-state index contributed by atoms with van der Waals surface area (Å²) in [6.45, 7) is 0.250. The molecule has 0 amide bonds. The molecule has 93 valence electrons. The topological polar surface area (TPSA) is 52.1 Å². The Morgan fingerprint density at radius 1 is 1.11 bits per heavy atom. The molecule has 4 nitrogen and oxygen atoms in total. The summed E-state index contributed by atoms with van der Waals surface area (Å²) in [7, 11) is 0. The van der Waals surface area contributed by atoms with Crippen molar-refractivity contribution in [3.8, 4) is 0 Å². The van der Waals surface area contributed by atoms with E-state index in [1.165, 1.54) is 6.20 Å². The van der Waals surface area contributed by atoms with Crippen LogP contribution in [0, 0.1) is 31.6 Å². The lowest BCUT2D eigenvalue weighted by Crippen LogP contribution is -2.13. The molecule has 0 aliphatic heterocycles. The van der Waals surface area contributed by atoms with Gasteiger partial charge in [-0.25, -0.2) is 9.78 Å². The molecule has 2 aromatic rings. The highest BCUT2D eigenvalue weighted by Crippen LogP contribution is 2.23. The van der Waals surface area contributed by atoms with Crippen LogP contribution in [0.1, 0.15) is 10.5 Å². The van der Waals surface area contributed by atoms with E-state index in [1.54, 1.807) is 0 Å². The van der Waals surface area contributed by atoms with E-state index in [0.29, 0.717) is 5.52 Å². The molecule has 5 radical (unpaired) electrons. The molecule has 4 heteroatoms. The maximum atomic E-state index is 11.9. The van der Waals surface area contributed by atoms with Crippen LogP contribution in [0.5, 0.6) is 0 Å². The normalized spacial score (nSPS) is 15.8. The predicted octanol–water partition coefficient (Wildman–Crippen LogP) is 2.19. The molecule has 1 aliphatic rings. The molecule has 1 fully saturated rings. The molecule has 1 heterocycles. The number of rotatable bonds is 3. The van der Waals surface area contributed by atoms with Crippen molar-refractivity contribution < 1.29 is 9.53 Å². The van der Waals surface area contributed by atoms with Crippen LogP contribution in [-0.2, 0) is 4.74 Å². The number of fused-ring (bicyclic) bond motifs is 1. The van der Waals surface area contributed by atoms with Gasteiger partial charge in [0.05, 0.1) is 23.8 Å². The number of benzene rings is 1. The zero-order chi connectivity index (χ0) is 13.1. The second-order valence-corrected chi connectivity index (χ2v) is 4.11. The van der Waals surface area contributed by atoms with Gasteiger partial charge in [-0.05, 0) is 37.8 Å². The summed E-state index contributed by atoms with van der Waals surface area (Å²) < 4.78 is 5.18. The fourth-order valence-electron chi connectivity index (χ4n) is 1.79. The first-order valence-corrected chi connectivity index (χ1v) is 5.92. The van der Waals surface area contributed by atoms with Crippen LogP contribution in [0.2, 0.25) is 0 Å². The lowest BCUT2D eigenvalue weighted by molar-refractivity contribution is 0.0521. The van der Waals surface area contributed by atoms with Gasteiger partial charge in [0, 0.05) is 5.92 Å². The molecule has 3 rings (SSSR count). The third kappa shape index (κ3) is 2.72. The molecule has 0 saturated heterocycles. The van der Waals surface area contributed by atoms with E-state index in [2.05, 4.69) is 9.97 Å². The molecule has 1 aromatic heterocycles. The molecular formula is C15H11N2O2. The number of ether oxygens (including phenoxy) is 1. The molecule has 0 spiro atoms. The first-order chi connectivity index (χ1) is 9.33. The number of carbonyl (C=O) groups excluding carboxylic acids is 1. The Hall–Kier alpha value is -1.97. The molecule has 0 N–H and O–H groups in total. The van der Waals surface area contributed by atoms with Gasteiger partial charge in [0.1, 0.15) is 0 Å². The second kappa shape index (κ2) is 5.34. The number of para-hydroxylation sites is 2. The van der Waals surface area contributed by atoms with Crippen molar-refractivity contribution in [1.29, 1.82) is 0 Å². The van der Waals surface area contributed by atoms with E-state index in [-0.39, 0.29) is 12.3 Å². The van der Waals surface area contributed by atoms with Gasteiger partial charge < -0.3 is 4.74 Å². The Bertz CT molecular complexity index is 591. The maximum absolute atomic E-state index is 11.9. The lowest BCUT2D eigenvalue weighted by Gasteiger charge is -2.08. The van der Waals surface area contributed by atoms with Gasteiger partial charge in [-0.1, -0.05) is 12.1 Å². The average Bonchev–Trinajstić information content (AvgIpc) is 2.97. The van der Waals surface area contributed by atoms with Crippen molar-refractivity contribution >= 4 is 17.0 Å². The van der Waals surface area contributed by atoms with Gasteiger partial charge in [0.15, 0.2) is 5.69 Å². The molecule has 19 heavy (non-hydrogen) atoms. The van der Waals surface area contributed by atoms with Crippen LogP contribution < -0.4 is 0 Å². The summed E-state index contributed by atoms with van der Waals surface area (Å²) in [6, 6.07) is 7.40. The number of aromatic nitrogens is 2. The Labute approximate surface area is 111 Å². The summed E-state index contributed by atoms with van der Waals surface area (Å²) in [5, 5.41) is 0. The van der Waals surface area contributed by atoms with Gasteiger partial charge >= 0.3 is 5.97 Å². The van der Waals surface area contributed by atoms with Gasteiger partial charge in [-0.2, -0.15) is 0 Å². The Kier molecular flexibility index (Phi) is 3.40. The van der Waals surface area contributed by atoms with E-state index in [9.17, 15) is 4.79 Å². The van der Waals surface area contributed by atoms with Crippen LogP contribution in [0.25, 0.3) is 11.0 Å². The largest absolute Gasteiger partial charge is 0.460 e. The van der Waals surface area contributed by atoms with Crippen molar-refractivity contribution in [3.63, 3.8) is 0 Å². The second-order valence-electron chi connectivity index (χ2n) is 4.11. The molecule has 1 saturated carbocycles. The number of hydrogen-bond donors (Lipinski definition) is 0. The van der Waals surface area contributed by atoms with E-state index in [4.69, 9.17) is 4.74 Å². The highest BCUT2D eigenvalue weighted by atomic mass is 16.5. The van der Waals surface area contributed by atoms with Crippen LogP contribution in [0.3, 0.4) is 0 Å². The minimum atomic E-state index is -0.459. The minimum Gasteiger partial charge on any atom is -0.460 e. The summed E-state index contributed by atoms with van der Waals surface area (Å²) in [5.41, 5.74) is 1.67. The third-order valence-electron chi connectivity index (χ3n) is 2.76. The van der Waals surface area contributed by atoms with E-state index in [1.807, 2.05) is 49.9 Å². The number of hydrogen-bond acceptors (Lipinski definition) is 4. The standard InChI is InChI=1S/C15H11N2O2/c18-15(19-10-11-5-1-2-6-11)14-9-16-12-7-3-4-8-13(12)17-14/h1-9H,10H2. The van der Waals surface area contributed by atoms with Crippen molar-refractivity contribution in [2.24, 2.45) is 0 Å². The van der Waals surface area contributed by atoms with Crippen molar-refractivity contribution in [3.05, 3.63) is 67.8 Å². The highest BCUT2D eigenvalue weighted by Gasteiger charge is 2.19. The zero-order valence-electron chi connectivity index (χ0n) is 10.1. The van der Waals surface area contributed by atoms with Gasteiger partial charge in [-0.15, -0.1) is 0 Å². The average molecular weight is 251 g/mol. The highest BCUT2D eigenvalue weighted by molar-refractivity contribution is 5.89. The number of nitrogens with zero attached hydrogens (tertiary/aromatic N) is 2. The van der Waals surface area contributed by atoms with E-state index < -0.39 is 5.97 Å². The van der Waals surface area contributed by atoms with Crippen molar-refractivity contribution in [2.75, 3.05) is 6.61 Å². The molecular weight excluding hydrogens is 240 g/mol. The van der Waals surface area contributed by atoms with E-state index in [0.717, 1.165) is 11.4 Å². The SMILES string of the molecule is O=C(OC[C]1[CH][CH][CH][CH]1)c1cnc2ccccc2n1. The van der Waals surface area contributed by atoms with Gasteiger partial charge in [-0.3, -0.25) is 4.98 Å². The zero-order valence-corrected chi connectivity index (χ0v) is 10.1. The fourth-order valence-corrected chi connectivity index (χ4v) is 1.79. The molecule has 1 aliphatic carbocycles. The summed E-state index contributed by atoms with van der Waals surface area (Å²) in [6.07, 6.45) is 9.05. The maximum Gasteiger partial charge on any atom is 0.358 e. The summed E-state index contributed by atoms with van der Waals surface area (Å²) in [4.78, 5) is 20.3. The van der Waals surface area contributed by atoms with E-state index >= 15 is 0 Å². The first-order valence-electron chi connectivity index (χ1n) is 5.92. The Balaban J connectivity index is 1.70. The van der Waals surface area contributed by atoms with Crippen LogP contribution in [-0.4, -0.2) is 22.5 Å². The quantitative estimate of drug-likeness (QED) is 0.785. The smallest absolute Gasteiger partial charge is 0.358 e. The van der Waals surface area contributed by atoms with Gasteiger partial charge in [0.25, 0.3) is 0 Å². The lowest BCUT2D eigenvalue weighted by atomic mass is 10.1. The predicted molar refractivity (Wildman–Crippen MR) is 70.3 cm³/mol. The molecule has 0 atom stereocenters. The minimum absolute atomic E-state index is 0.227. The van der Waals surface area contributed by atoms with Crippen LogP contribution in [0.15, 0.2) is 30.5 Å². The molecule has 0 unspecified atom stereocenters. The van der Waals surface area contributed by atoms with Gasteiger partial charge in [0.2, 0.25) is 0 Å². The molecule has 1 aromatic carbocycles. The van der Waals surface area contributed by atoms with Crippen molar-refractivity contribution in [2.45, 2.75) is 0 Å². The number of esters is 1. The summed E-state index contributed by atoms with van der Waals surface area (Å²) in [5.74, 6) is 0.501. The number of carbonyl (C=O) groups is 1. The van der Waals surface area contributed by atoms with Crippen LogP contribution >= 0.6 is 0 Å². The Morgan fingerprint density at radius 2 is 1.84 bits per heavy atom. The fraction of sp³-hybridized carbons (Fsp3) is 0.0667. The molecule has 0 bridgehead atoms.